The van der Waals surface area contributed by atoms with E-state index in [1.54, 1.807) is 24.3 Å². The van der Waals surface area contributed by atoms with Crippen molar-refractivity contribution in [2.24, 2.45) is 16.7 Å². The Balaban J connectivity index is 1.88. The van der Waals surface area contributed by atoms with Gasteiger partial charge in [0.05, 0.1) is 24.0 Å². The molecule has 0 heterocycles. The molecular formula is C17H23NO4S. The minimum Gasteiger partial charge on any atom is -0.495 e. The molecule has 1 N–H and O–H groups in total. The van der Waals surface area contributed by atoms with Crippen molar-refractivity contribution < 1.29 is 17.9 Å². The van der Waals surface area contributed by atoms with E-state index in [4.69, 9.17) is 4.74 Å². The fourth-order valence-electron chi connectivity index (χ4n) is 4.37. The van der Waals surface area contributed by atoms with Gasteiger partial charge in [0.1, 0.15) is 11.5 Å². The molecule has 2 atom stereocenters. The van der Waals surface area contributed by atoms with E-state index in [0.29, 0.717) is 30.2 Å². The average molecular weight is 337 g/mol. The molecule has 3 rings (SSSR count). The molecule has 0 saturated heterocycles. The van der Waals surface area contributed by atoms with E-state index in [2.05, 4.69) is 4.72 Å². The van der Waals surface area contributed by atoms with Crippen molar-refractivity contribution in [1.29, 1.82) is 0 Å². The van der Waals surface area contributed by atoms with Crippen LogP contribution in [0.4, 0.5) is 5.69 Å². The van der Waals surface area contributed by atoms with Gasteiger partial charge in [-0.05, 0) is 36.3 Å². The first kappa shape index (κ1) is 16.3. The highest BCUT2D eigenvalue weighted by atomic mass is 32.2. The summed E-state index contributed by atoms with van der Waals surface area (Å²) in [4.78, 5) is 12.5. The van der Waals surface area contributed by atoms with Gasteiger partial charge in [-0.25, -0.2) is 8.42 Å². The first-order valence-corrected chi connectivity index (χ1v) is 9.54. The molecule has 23 heavy (non-hydrogen) atoms. The van der Waals surface area contributed by atoms with Crippen LogP contribution in [0.15, 0.2) is 24.3 Å². The zero-order chi connectivity index (χ0) is 16.9. The third-order valence-electron chi connectivity index (χ3n) is 5.95. The van der Waals surface area contributed by atoms with Crippen LogP contribution in [0.3, 0.4) is 0 Å². The molecule has 0 amide bonds. The largest absolute Gasteiger partial charge is 0.495 e. The molecule has 6 heteroatoms. The van der Waals surface area contributed by atoms with E-state index in [0.717, 1.165) is 6.42 Å². The maximum atomic E-state index is 12.7. The van der Waals surface area contributed by atoms with Crippen LogP contribution in [-0.4, -0.2) is 27.1 Å². The van der Waals surface area contributed by atoms with Crippen LogP contribution in [-0.2, 0) is 14.8 Å². The number of benzene rings is 1. The highest BCUT2D eigenvalue weighted by molar-refractivity contribution is 7.92. The number of hydrogen-bond acceptors (Lipinski definition) is 4. The van der Waals surface area contributed by atoms with Crippen molar-refractivity contribution >= 4 is 21.5 Å². The molecule has 1 aromatic rings. The molecule has 2 aliphatic rings. The Hall–Kier alpha value is -1.56. The van der Waals surface area contributed by atoms with Crippen molar-refractivity contribution in [2.75, 3.05) is 17.6 Å². The molecule has 2 bridgehead atoms. The summed E-state index contributed by atoms with van der Waals surface area (Å²) in [7, 11) is -2.15. The van der Waals surface area contributed by atoms with Gasteiger partial charge in [0.25, 0.3) is 0 Å². The maximum Gasteiger partial charge on any atom is 0.233 e. The minimum absolute atomic E-state index is 0.101. The number of anilines is 1. The third-order valence-corrected chi connectivity index (χ3v) is 7.35. The summed E-state index contributed by atoms with van der Waals surface area (Å²) in [6.07, 6.45) is 2.11. The third kappa shape index (κ3) is 2.43. The number of methoxy groups -OCH3 is 1. The predicted octanol–water partition coefficient (Wildman–Crippen LogP) is 2.83. The van der Waals surface area contributed by atoms with Gasteiger partial charge >= 0.3 is 0 Å². The summed E-state index contributed by atoms with van der Waals surface area (Å²) in [5, 5.41) is 0. The lowest BCUT2D eigenvalue weighted by molar-refractivity contribution is -0.128. The molecular weight excluding hydrogens is 314 g/mol. The molecule has 126 valence electrons. The zero-order valence-electron chi connectivity index (χ0n) is 13.8. The summed E-state index contributed by atoms with van der Waals surface area (Å²) in [6.45, 7) is 4.07. The Morgan fingerprint density at radius 1 is 1.30 bits per heavy atom. The van der Waals surface area contributed by atoms with Crippen molar-refractivity contribution in [2.45, 2.75) is 33.1 Å². The van der Waals surface area contributed by atoms with Crippen LogP contribution in [0.2, 0.25) is 0 Å². The summed E-state index contributed by atoms with van der Waals surface area (Å²) < 4.78 is 33.2. The number of sulfonamides is 1. The Morgan fingerprint density at radius 3 is 2.57 bits per heavy atom. The van der Waals surface area contributed by atoms with E-state index in [1.807, 2.05) is 13.8 Å². The lowest BCUT2D eigenvalue weighted by Gasteiger charge is -2.36. The fraction of sp³-hybridized carbons (Fsp3) is 0.588. The number of rotatable bonds is 5. The number of nitrogens with one attached hydrogen (secondary N) is 1. The van der Waals surface area contributed by atoms with Crippen LogP contribution in [0.1, 0.15) is 33.1 Å². The number of ketones is 1. The molecule has 0 unspecified atom stereocenters. The molecule has 0 radical (unpaired) electrons. The van der Waals surface area contributed by atoms with E-state index < -0.39 is 15.4 Å². The highest BCUT2D eigenvalue weighted by Crippen LogP contribution is 2.64. The Kier molecular flexibility index (Phi) is 3.71. The van der Waals surface area contributed by atoms with Gasteiger partial charge in [-0.3, -0.25) is 9.52 Å². The number of hydrogen-bond donors (Lipinski definition) is 1. The first-order chi connectivity index (χ1) is 10.7. The average Bonchev–Trinajstić information content (AvgIpc) is 2.81. The number of para-hydroxylation sites is 2. The highest BCUT2D eigenvalue weighted by Gasteiger charge is 2.65. The molecule has 2 aliphatic carbocycles. The minimum atomic E-state index is -3.65. The quantitative estimate of drug-likeness (QED) is 0.897. The standard InChI is InChI=1S/C17H23NO4S/c1-16(2)12-8-9-17(16,15(19)10-12)11-23(20,21)18-13-6-4-5-7-14(13)22-3/h4-7,12,18H,8-11H2,1-3H3/t12-,17+/m0/s1. The molecule has 0 aliphatic heterocycles. The SMILES string of the molecule is COc1ccccc1NS(=O)(=O)C[C@]12CC[C@@H](CC1=O)C2(C)C. The second kappa shape index (κ2) is 5.23. The normalized spacial score (nSPS) is 28.8. The summed E-state index contributed by atoms with van der Waals surface area (Å²) in [6, 6.07) is 6.88. The number of ether oxygens (including phenoxy) is 1. The fourth-order valence-corrected chi connectivity index (χ4v) is 6.27. The lowest BCUT2D eigenvalue weighted by atomic mass is 9.70. The lowest BCUT2D eigenvalue weighted by Crippen LogP contribution is -2.43. The predicted molar refractivity (Wildman–Crippen MR) is 89.0 cm³/mol. The Morgan fingerprint density at radius 2 is 2.00 bits per heavy atom. The van der Waals surface area contributed by atoms with Gasteiger partial charge in [0.2, 0.25) is 10.0 Å². The second-order valence-corrected chi connectivity index (χ2v) is 8.95. The first-order valence-electron chi connectivity index (χ1n) is 7.89. The number of carbonyl (C=O) groups excluding carboxylic acids is 1. The van der Waals surface area contributed by atoms with E-state index >= 15 is 0 Å². The van der Waals surface area contributed by atoms with Gasteiger partial charge in [-0.15, -0.1) is 0 Å². The number of carbonyl (C=O) groups is 1. The van der Waals surface area contributed by atoms with Crippen molar-refractivity contribution in [3.8, 4) is 5.75 Å². The molecule has 2 saturated carbocycles. The zero-order valence-corrected chi connectivity index (χ0v) is 14.6. The van der Waals surface area contributed by atoms with E-state index in [1.165, 1.54) is 7.11 Å². The van der Waals surface area contributed by atoms with Crippen LogP contribution >= 0.6 is 0 Å². The number of Topliss-reactive ketones (excluding diaryl/α,β-unsaturated/α-hetero) is 1. The monoisotopic (exact) mass is 337 g/mol. The second-order valence-electron chi connectivity index (χ2n) is 7.23. The van der Waals surface area contributed by atoms with Gasteiger partial charge in [0.15, 0.2) is 0 Å². The van der Waals surface area contributed by atoms with Crippen LogP contribution in [0.25, 0.3) is 0 Å². The van der Waals surface area contributed by atoms with Gasteiger partial charge in [0, 0.05) is 6.42 Å². The van der Waals surface area contributed by atoms with Crippen molar-refractivity contribution in [3.05, 3.63) is 24.3 Å². The molecule has 5 nitrogen and oxygen atoms in total. The van der Waals surface area contributed by atoms with E-state index in [9.17, 15) is 13.2 Å². The summed E-state index contributed by atoms with van der Waals surface area (Å²) in [5.74, 6) is 0.718. The van der Waals surface area contributed by atoms with E-state index in [-0.39, 0.29) is 17.0 Å². The molecule has 0 spiro atoms. The Labute approximate surface area is 137 Å². The van der Waals surface area contributed by atoms with Crippen LogP contribution < -0.4 is 9.46 Å². The van der Waals surface area contributed by atoms with Crippen molar-refractivity contribution in [3.63, 3.8) is 0 Å². The summed E-state index contributed by atoms with van der Waals surface area (Å²) >= 11 is 0. The van der Waals surface area contributed by atoms with Crippen molar-refractivity contribution in [1.82, 2.24) is 0 Å². The Bertz CT molecular complexity index is 741. The molecule has 0 aromatic heterocycles. The maximum absolute atomic E-state index is 12.7. The van der Waals surface area contributed by atoms with Gasteiger partial charge < -0.3 is 4.74 Å². The van der Waals surface area contributed by atoms with Gasteiger partial charge in [-0.2, -0.15) is 0 Å². The van der Waals surface area contributed by atoms with Gasteiger partial charge in [-0.1, -0.05) is 26.0 Å². The topological polar surface area (TPSA) is 72.5 Å². The molecule has 2 fully saturated rings. The van der Waals surface area contributed by atoms with Crippen LogP contribution in [0, 0.1) is 16.7 Å². The number of fused-ring (bicyclic) bond motifs is 2. The molecule has 1 aromatic carbocycles. The van der Waals surface area contributed by atoms with Crippen LogP contribution in [0.5, 0.6) is 5.75 Å². The summed E-state index contributed by atoms with van der Waals surface area (Å²) in [5.41, 5.74) is -0.616. The smallest absolute Gasteiger partial charge is 0.233 e.